The third-order valence-corrected chi connectivity index (χ3v) is 6.30. The molecule has 0 radical (unpaired) electrons. The van der Waals surface area contributed by atoms with Crippen molar-refractivity contribution in [1.29, 1.82) is 0 Å². The number of halogens is 1. The molecule has 1 fully saturated rings. The average molecular weight is 480 g/mol. The lowest BCUT2D eigenvalue weighted by Crippen LogP contribution is -2.51. The summed E-state index contributed by atoms with van der Waals surface area (Å²) in [7, 11) is -3.06. The third kappa shape index (κ3) is 4.76. The molecule has 1 aromatic rings. The van der Waals surface area contributed by atoms with Gasteiger partial charge in [0.05, 0.1) is 18.4 Å². The zero-order valence-corrected chi connectivity index (χ0v) is 17.4. The van der Waals surface area contributed by atoms with Crippen LogP contribution in [0.4, 0.5) is 0 Å². The molecule has 1 saturated heterocycles. The molecule has 0 aliphatic carbocycles. The largest absolute Gasteiger partial charge is 0.493 e. The number of aliphatic imine (C=N–C) groups is 1. The number of para-hydroxylation sites is 1. The minimum Gasteiger partial charge on any atom is -0.493 e. The van der Waals surface area contributed by atoms with Gasteiger partial charge in [-0.1, -0.05) is 18.2 Å². The summed E-state index contributed by atoms with van der Waals surface area (Å²) < 4.78 is 30.5. The number of sulfonamides is 1. The van der Waals surface area contributed by atoms with Crippen LogP contribution in [-0.2, 0) is 10.0 Å². The molecule has 0 amide bonds. The van der Waals surface area contributed by atoms with Crippen molar-refractivity contribution in [1.82, 2.24) is 9.62 Å². The number of fused-ring (bicyclic) bond motifs is 1. The molecule has 1 atom stereocenters. The molecule has 1 unspecified atom stereocenters. The molecule has 0 bridgehead atoms. The molecule has 140 valence electrons. The third-order valence-electron chi connectivity index (χ3n) is 4.48. The Morgan fingerprint density at radius 2 is 2.12 bits per heavy atom. The van der Waals surface area contributed by atoms with Crippen molar-refractivity contribution in [2.24, 2.45) is 16.6 Å². The van der Waals surface area contributed by atoms with Gasteiger partial charge in [-0.2, -0.15) is 0 Å². The van der Waals surface area contributed by atoms with Crippen molar-refractivity contribution in [2.75, 3.05) is 32.0 Å². The van der Waals surface area contributed by atoms with Crippen LogP contribution in [0, 0.1) is 5.92 Å². The van der Waals surface area contributed by atoms with Gasteiger partial charge in [-0.3, -0.25) is 4.99 Å². The Bertz CT molecular complexity index is 720. The first-order valence-electron chi connectivity index (χ1n) is 8.25. The predicted octanol–water partition coefficient (Wildman–Crippen LogP) is 1.31. The lowest BCUT2D eigenvalue weighted by molar-refractivity contribution is 0.208. The molecule has 7 nitrogen and oxygen atoms in total. The summed E-state index contributed by atoms with van der Waals surface area (Å²) in [6, 6.07) is 8.00. The molecule has 0 spiro atoms. The predicted molar refractivity (Wildman–Crippen MR) is 109 cm³/mol. The van der Waals surface area contributed by atoms with E-state index in [9.17, 15) is 8.42 Å². The molecular formula is C16H25IN4O3S. The number of nitrogens with one attached hydrogen (secondary N) is 1. The Hall–Kier alpha value is -1.07. The van der Waals surface area contributed by atoms with Gasteiger partial charge in [-0.15, -0.1) is 24.0 Å². The van der Waals surface area contributed by atoms with Gasteiger partial charge in [0.25, 0.3) is 0 Å². The van der Waals surface area contributed by atoms with Gasteiger partial charge in [0.15, 0.2) is 5.96 Å². The van der Waals surface area contributed by atoms with Gasteiger partial charge in [0, 0.05) is 37.5 Å². The van der Waals surface area contributed by atoms with E-state index in [1.54, 1.807) is 6.92 Å². The number of guanidine groups is 1. The minimum atomic E-state index is -3.06. The summed E-state index contributed by atoms with van der Waals surface area (Å²) in [5, 5.41) is 3.25. The second-order valence-electron chi connectivity index (χ2n) is 6.18. The van der Waals surface area contributed by atoms with Gasteiger partial charge >= 0.3 is 0 Å². The van der Waals surface area contributed by atoms with E-state index < -0.39 is 10.0 Å². The van der Waals surface area contributed by atoms with E-state index in [-0.39, 0.29) is 41.7 Å². The lowest BCUT2D eigenvalue weighted by atomic mass is 10.0. The van der Waals surface area contributed by atoms with Crippen LogP contribution in [0.25, 0.3) is 0 Å². The van der Waals surface area contributed by atoms with Gasteiger partial charge in [-0.05, 0) is 13.0 Å². The molecule has 2 aliphatic heterocycles. The minimum absolute atomic E-state index is 0. The van der Waals surface area contributed by atoms with Crippen LogP contribution in [0.5, 0.6) is 5.75 Å². The number of nitrogens with zero attached hydrogens (tertiary/aromatic N) is 2. The maximum Gasteiger partial charge on any atom is 0.213 e. The number of nitrogens with two attached hydrogens (primary N) is 1. The van der Waals surface area contributed by atoms with Crippen LogP contribution in [0.1, 0.15) is 24.9 Å². The maximum absolute atomic E-state index is 11.7. The van der Waals surface area contributed by atoms with Crippen molar-refractivity contribution in [2.45, 2.75) is 19.4 Å². The number of hydrogen-bond acceptors (Lipinski definition) is 4. The molecule has 2 heterocycles. The van der Waals surface area contributed by atoms with Crippen LogP contribution >= 0.6 is 24.0 Å². The lowest BCUT2D eigenvalue weighted by Gasteiger charge is -2.37. The van der Waals surface area contributed by atoms with E-state index >= 15 is 0 Å². The second kappa shape index (κ2) is 8.54. The number of benzene rings is 1. The molecular weight excluding hydrogens is 455 g/mol. The molecule has 2 aliphatic rings. The van der Waals surface area contributed by atoms with Crippen molar-refractivity contribution in [3.63, 3.8) is 0 Å². The Morgan fingerprint density at radius 1 is 1.40 bits per heavy atom. The van der Waals surface area contributed by atoms with Crippen LogP contribution in [-0.4, -0.2) is 50.7 Å². The fourth-order valence-corrected chi connectivity index (χ4v) is 4.23. The first kappa shape index (κ1) is 20.2. The van der Waals surface area contributed by atoms with E-state index in [0.29, 0.717) is 32.2 Å². The van der Waals surface area contributed by atoms with E-state index in [0.717, 1.165) is 17.7 Å². The topological polar surface area (TPSA) is 97.0 Å². The summed E-state index contributed by atoms with van der Waals surface area (Å²) in [6.45, 7) is 3.92. The maximum atomic E-state index is 11.7. The van der Waals surface area contributed by atoms with Crippen molar-refractivity contribution in [3.05, 3.63) is 29.8 Å². The van der Waals surface area contributed by atoms with Crippen molar-refractivity contribution in [3.8, 4) is 5.75 Å². The molecule has 25 heavy (non-hydrogen) atoms. The normalized spacial score (nSPS) is 21.5. The van der Waals surface area contributed by atoms with Gasteiger partial charge in [0.1, 0.15) is 5.75 Å². The summed E-state index contributed by atoms with van der Waals surface area (Å²) >= 11 is 0. The van der Waals surface area contributed by atoms with Gasteiger partial charge in [-0.25, -0.2) is 12.7 Å². The molecule has 1 aromatic carbocycles. The number of hydrogen-bond donors (Lipinski definition) is 2. The molecule has 3 N–H and O–H groups in total. The SMILES string of the molecule is CCS(=O)(=O)N1CC(CN=C(N)NC2CCOc3ccccc32)C1.I. The smallest absolute Gasteiger partial charge is 0.213 e. The van der Waals surface area contributed by atoms with Crippen molar-refractivity contribution >= 4 is 40.0 Å². The molecule has 9 heteroatoms. The fourth-order valence-electron chi connectivity index (χ4n) is 2.99. The highest BCUT2D eigenvalue weighted by Gasteiger charge is 2.34. The zero-order valence-electron chi connectivity index (χ0n) is 14.2. The molecule has 3 rings (SSSR count). The van der Waals surface area contributed by atoms with Crippen LogP contribution in [0.3, 0.4) is 0 Å². The molecule has 0 aromatic heterocycles. The van der Waals surface area contributed by atoms with E-state index in [1.165, 1.54) is 4.31 Å². The highest BCUT2D eigenvalue weighted by Crippen LogP contribution is 2.31. The average Bonchev–Trinajstić information content (AvgIpc) is 2.53. The van der Waals surface area contributed by atoms with E-state index in [2.05, 4.69) is 10.3 Å². The monoisotopic (exact) mass is 480 g/mol. The second-order valence-corrected chi connectivity index (χ2v) is 8.44. The van der Waals surface area contributed by atoms with Gasteiger partial charge < -0.3 is 15.8 Å². The summed E-state index contributed by atoms with van der Waals surface area (Å²) in [6.07, 6.45) is 0.833. The van der Waals surface area contributed by atoms with Crippen LogP contribution in [0.2, 0.25) is 0 Å². The van der Waals surface area contributed by atoms with E-state index in [1.807, 2.05) is 24.3 Å². The Morgan fingerprint density at radius 3 is 2.84 bits per heavy atom. The highest BCUT2D eigenvalue weighted by atomic mass is 127. The Kier molecular flexibility index (Phi) is 6.92. The molecule has 0 saturated carbocycles. The Labute approximate surface area is 166 Å². The Balaban J connectivity index is 0.00000225. The van der Waals surface area contributed by atoms with Crippen molar-refractivity contribution < 1.29 is 13.2 Å². The quantitative estimate of drug-likeness (QED) is 0.377. The fraction of sp³-hybridized carbons (Fsp3) is 0.562. The summed E-state index contributed by atoms with van der Waals surface area (Å²) in [4.78, 5) is 4.38. The standard InChI is InChI=1S/C16H24N4O3S.HI/c1-2-24(21,22)20-10-12(11-20)9-18-16(17)19-14-7-8-23-15-6-4-3-5-13(14)15;/h3-6,12,14H,2,7-11H2,1H3,(H3,17,18,19);1H. The van der Waals surface area contributed by atoms with Crippen LogP contribution < -0.4 is 15.8 Å². The summed E-state index contributed by atoms with van der Waals surface area (Å²) in [5.41, 5.74) is 7.09. The zero-order chi connectivity index (χ0) is 17.2. The summed E-state index contributed by atoms with van der Waals surface area (Å²) in [5.74, 6) is 1.67. The first-order chi connectivity index (χ1) is 11.5. The number of ether oxygens (including phenoxy) is 1. The number of rotatable bonds is 5. The first-order valence-corrected chi connectivity index (χ1v) is 9.86. The highest BCUT2D eigenvalue weighted by molar-refractivity contribution is 14.0. The van der Waals surface area contributed by atoms with Gasteiger partial charge in [0.2, 0.25) is 10.0 Å². The van der Waals surface area contributed by atoms with E-state index in [4.69, 9.17) is 10.5 Å². The van der Waals surface area contributed by atoms with Crippen LogP contribution in [0.15, 0.2) is 29.3 Å².